The number of hydrogen-bond donors (Lipinski definition) is 2. The van der Waals surface area contributed by atoms with Crippen molar-refractivity contribution in [3.8, 4) is 11.8 Å². The molecule has 24 heavy (non-hydrogen) atoms. The van der Waals surface area contributed by atoms with Gasteiger partial charge in [-0.25, -0.2) is 0 Å². The molecule has 4 nitrogen and oxygen atoms in total. The van der Waals surface area contributed by atoms with Crippen LogP contribution in [0.15, 0.2) is 0 Å². The zero-order valence-electron chi connectivity index (χ0n) is 14.9. The maximum atomic E-state index is 12.1. The van der Waals surface area contributed by atoms with Gasteiger partial charge in [-0.3, -0.25) is 9.59 Å². The summed E-state index contributed by atoms with van der Waals surface area (Å²) in [6, 6.07) is 0. The standard InChI is InChI=1S/C20H32O4/c1-2-3-4-5-9-12-18(21)17-14-15-19(22)16(17)11-8-6-7-10-13-20(23)24/h16-18,21H,2-8,10-11,13-15H2,1H3,(H,23,24). The molecule has 0 bridgehead atoms. The van der Waals surface area contributed by atoms with Gasteiger partial charge in [0.1, 0.15) is 11.9 Å². The highest BCUT2D eigenvalue weighted by atomic mass is 16.4. The lowest BCUT2D eigenvalue weighted by atomic mass is 9.86. The number of aliphatic hydroxyl groups is 1. The fourth-order valence-corrected chi connectivity index (χ4v) is 3.43. The van der Waals surface area contributed by atoms with Gasteiger partial charge in [0.2, 0.25) is 0 Å². The van der Waals surface area contributed by atoms with Gasteiger partial charge in [0.15, 0.2) is 0 Å². The van der Waals surface area contributed by atoms with E-state index in [0.717, 1.165) is 57.8 Å². The fraction of sp³-hybridized carbons (Fsp3) is 0.800. The molecule has 1 aliphatic carbocycles. The Balaban J connectivity index is 2.32. The summed E-state index contributed by atoms with van der Waals surface area (Å²) in [5.41, 5.74) is 0. The third kappa shape index (κ3) is 7.97. The van der Waals surface area contributed by atoms with Gasteiger partial charge in [0.05, 0.1) is 0 Å². The second-order valence-corrected chi connectivity index (χ2v) is 6.85. The highest BCUT2D eigenvalue weighted by Crippen LogP contribution is 2.35. The molecule has 0 aromatic rings. The molecule has 1 rings (SSSR count). The predicted molar refractivity (Wildman–Crippen MR) is 94.5 cm³/mol. The summed E-state index contributed by atoms with van der Waals surface area (Å²) in [7, 11) is 0. The zero-order chi connectivity index (χ0) is 17.8. The van der Waals surface area contributed by atoms with Gasteiger partial charge in [-0.2, -0.15) is 0 Å². The van der Waals surface area contributed by atoms with E-state index in [4.69, 9.17) is 5.11 Å². The van der Waals surface area contributed by atoms with Crippen molar-refractivity contribution < 1.29 is 19.8 Å². The second kappa shape index (κ2) is 12.1. The summed E-state index contributed by atoms with van der Waals surface area (Å²) in [6.07, 6.45) is 9.30. The SMILES string of the molecule is CCCCCC#CC(O)C1CCC(=O)C1CCCCCCC(=O)O. The quantitative estimate of drug-likeness (QED) is 0.442. The molecule has 0 aliphatic heterocycles. The molecule has 136 valence electrons. The van der Waals surface area contributed by atoms with Crippen LogP contribution in [0.2, 0.25) is 0 Å². The third-order valence-corrected chi connectivity index (χ3v) is 4.87. The van der Waals surface area contributed by atoms with Crippen molar-refractivity contribution in [2.75, 3.05) is 0 Å². The van der Waals surface area contributed by atoms with E-state index in [2.05, 4.69) is 18.8 Å². The first-order valence-electron chi connectivity index (χ1n) is 9.47. The molecule has 1 aliphatic rings. The van der Waals surface area contributed by atoms with Gasteiger partial charge in [0.25, 0.3) is 0 Å². The van der Waals surface area contributed by atoms with Gasteiger partial charge in [-0.15, -0.1) is 5.92 Å². The summed E-state index contributed by atoms with van der Waals surface area (Å²) in [5, 5.41) is 18.9. The molecule has 1 saturated carbocycles. The van der Waals surface area contributed by atoms with Crippen LogP contribution < -0.4 is 0 Å². The van der Waals surface area contributed by atoms with Crippen molar-refractivity contribution in [2.24, 2.45) is 11.8 Å². The normalized spacial score (nSPS) is 21.3. The average molecular weight is 336 g/mol. The zero-order valence-corrected chi connectivity index (χ0v) is 14.9. The Kier molecular flexibility index (Phi) is 10.4. The largest absolute Gasteiger partial charge is 0.481 e. The Hall–Kier alpha value is -1.34. The number of rotatable bonds is 11. The smallest absolute Gasteiger partial charge is 0.303 e. The van der Waals surface area contributed by atoms with Crippen molar-refractivity contribution in [1.82, 2.24) is 0 Å². The number of carbonyl (C=O) groups excluding carboxylic acids is 1. The van der Waals surface area contributed by atoms with Gasteiger partial charge >= 0.3 is 5.97 Å². The van der Waals surface area contributed by atoms with E-state index in [1.54, 1.807) is 0 Å². The van der Waals surface area contributed by atoms with E-state index >= 15 is 0 Å². The number of unbranched alkanes of at least 4 members (excludes halogenated alkanes) is 6. The van der Waals surface area contributed by atoms with E-state index in [9.17, 15) is 14.7 Å². The Morgan fingerprint density at radius 2 is 1.96 bits per heavy atom. The Morgan fingerprint density at radius 3 is 2.67 bits per heavy atom. The molecule has 1 fully saturated rings. The van der Waals surface area contributed by atoms with Crippen LogP contribution in [0.1, 0.15) is 84.0 Å². The molecular formula is C20H32O4. The van der Waals surface area contributed by atoms with Crippen LogP contribution in [0.5, 0.6) is 0 Å². The van der Waals surface area contributed by atoms with Crippen LogP contribution in [-0.4, -0.2) is 28.1 Å². The van der Waals surface area contributed by atoms with Crippen LogP contribution in [0, 0.1) is 23.7 Å². The van der Waals surface area contributed by atoms with Gasteiger partial charge < -0.3 is 10.2 Å². The summed E-state index contributed by atoms with van der Waals surface area (Å²) in [5.74, 6) is 5.43. The monoisotopic (exact) mass is 336 g/mol. The van der Waals surface area contributed by atoms with Gasteiger partial charge in [0, 0.05) is 31.1 Å². The topological polar surface area (TPSA) is 74.6 Å². The molecule has 0 radical (unpaired) electrons. The molecule has 0 aromatic heterocycles. The summed E-state index contributed by atoms with van der Waals surface area (Å²) in [6.45, 7) is 2.15. The van der Waals surface area contributed by atoms with Crippen molar-refractivity contribution in [3.05, 3.63) is 0 Å². The van der Waals surface area contributed by atoms with Crippen molar-refractivity contribution >= 4 is 11.8 Å². The summed E-state index contributed by atoms with van der Waals surface area (Å²) in [4.78, 5) is 22.5. The fourth-order valence-electron chi connectivity index (χ4n) is 3.43. The number of carboxylic acid groups (broad SMARTS) is 1. The number of Topliss-reactive ketones (excluding diaryl/α,β-unsaturated/α-hetero) is 1. The maximum absolute atomic E-state index is 12.1. The molecule has 3 atom stereocenters. The summed E-state index contributed by atoms with van der Waals surface area (Å²) >= 11 is 0. The van der Waals surface area contributed by atoms with Crippen LogP contribution in [0.4, 0.5) is 0 Å². The second-order valence-electron chi connectivity index (χ2n) is 6.85. The molecule has 0 spiro atoms. The van der Waals surface area contributed by atoms with Crippen LogP contribution in [0.25, 0.3) is 0 Å². The van der Waals surface area contributed by atoms with Gasteiger partial charge in [-0.1, -0.05) is 44.9 Å². The van der Waals surface area contributed by atoms with Crippen molar-refractivity contribution in [1.29, 1.82) is 0 Å². The number of hydrogen-bond acceptors (Lipinski definition) is 3. The van der Waals surface area contributed by atoms with E-state index < -0.39 is 12.1 Å². The molecule has 0 heterocycles. The minimum absolute atomic E-state index is 0.0183. The van der Waals surface area contributed by atoms with E-state index in [1.807, 2.05) is 0 Å². The molecule has 0 saturated heterocycles. The molecule has 0 aromatic carbocycles. The van der Waals surface area contributed by atoms with Crippen LogP contribution in [-0.2, 0) is 9.59 Å². The Labute approximate surface area is 146 Å². The van der Waals surface area contributed by atoms with Crippen LogP contribution >= 0.6 is 0 Å². The summed E-state index contributed by atoms with van der Waals surface area (Å²) < 4.78 is 0. The highest BCUT2D eigenvalue weighted by Gasteiger charge is 2.37. The average Bonchev–Trinajstić information content (AvgIpc) is 2.91. The van der Waals surface area contributed by atoms with E-state index in [0.29, 0.717) is 12.8 Å². The van der Waals surface area contributed by atoms with Crippen molar-refractivity contribution in [2.45, 2.75) is 90.1 Å². The number of ketones is 1. The number of aliphatic carboxylic acids is 1. The molecule has 4 heteroatoms. The highest BCUT2D eigenvalue weighted by molar-refractivity contribution is 5.83. The number of carbonyl (C=O) groups is 2. The first-order valence-corrected chi connectivity index (χ1v) is 9.47. The van der Waals surface area contributed by atoms with E-state index in [-0.39, 0.29) is 24.0 Å². The minimum Gasteiger partial charge on any atom is -0.481 e. The van der Waals surface area contributed by atoms with Gasteiger partial charge in [-0.05, 0) is 25.7 Å². The first kappa shape index (κ1) is 20.7. The maximum Gasteiger partial charge on any atom is 0.303 e. The van der Waals surface area contributed by atoms with E-state index in [1.165, 1.54) is 0 Å². The van der Waals surface area contributed by atoms with Crippen LogP contribution in [0.3, 0.4) is 0 Å². The predicted octanol–water partition coefficient (Wildman–Crippen LogP) is 3.95. The Morgan fingerprint density at radius 1 is 1.21 bits per heavy atom. The lowest BCUT2D eigenvalue weighted by Gasteiger charge is -2.20. The molecular weight excluding hydrogens is 304 g/mol. The Bertz CT molecular complexity index is 446. The molecule has 2 N–H and O–H groups in total. The molecule has 3 unspecified atom stereocenters. The number of carboxylic acids is 1. The lowest BCUT2D eigenvalue weighted by Crippen LogP contribution is -2.25. The molecule has 0 amide bonds. The lowest BCUT2D eigenvalue weighted by molar-refractivity contribution is -0.137. The number of aliphatic hydroxyl groups excluding tert-OH is 1. The first-order chi connectivity index (χ1) is 11.6. The third-order valence-electron chi connectivity index (χ3n) is 4.87. The minimum atomic E-state index is -0.748. The van der Waals surface area contributed by atoms with Crippen molar-refractivity contribution in [3.63, 3.8) is 0 Å².